The third-order valence-corrected chi connectivity index (χ3v) is 3.84. The molecule has 7 heteroatoms. The zero-order valence-electron chi connectivity index (χ0n) is 12.6. The minimum Gasteiger partial charge on any atom is -0.395 e. The number of nitrogens with zero attached hydrogens (tertiary/aromatic N) is 2. The van der Waals surface area contributed by atoms with Crippen LogP contribution in [0.5, 0.6) is 0 Å². The second kappa shape index (κ2) is 6.60. The SMILES string of the molecule is CCc1[nH]nc(C(=O)NC(C)C(=O)N2CCCCC2)c1N. The Bertz CT molecular complexity index is 519. The number of nitrogens with two attached hydrogens (primary N) is 1. The van der Waals surface area contributed by atoms with E-state index in [1.807, 2.05) is 6.92 Å². The number of anilines is 1. The van der Waals surface area contributed by atoms with Crippen molar-refractivity contribution in [3.63, 3.8) is 0 Å². The van der Waals surface area contributed by atoms with E-state index < -0.39 is 11.9 Å². The number of nitrogens with one attached hydrogen (secondary N) is 2. The average Bonchev–Trinajstić information content (AvgIpc) is 2.88. The number of hydrogen-bond acceptors (Lipinski definition) is 4. The molecule has 21 heavy (non-hydrogen) atoms. The Balaban J connectivity index is 1.97. The average molecular weight is 293 g/mol. The first kappa shape index (κ1) is 15.3. The Hall–Kier alpha value is -2.05. The summed E-state index contributed by atoms with van der Waals surface area (Å²) in [6.07, 6.45) is 3.89. The molecule has 1 aliphatic rings. The van der Waals surface area contributed by atoms with Gasteiger partial charge in [-0.2, -0.15) is 5.10 Å². The summed E-state index contributed by atoms with van der Waals surface area (Å²) in [6, 6.07) is -0.572. The quantitative estimate of drug-likeness (QED) is 0.759. The molecule has 4 N–H and O–H groups in total. The van der Waals surface area contributed by atoms with Crippen LogP contribution in [0.4, 0.5) is 5.69 Å². The number of H-pyrrole nitrogens is 1. The van der Waals surface area contributed by atoms with Crippen molar-refractivity contribution in [2.75, 3.05) is 18.8 Å². The number of hydrogen-bond donors (Lipinski definition) is 3. The van der Waals surface area contributed by atoms with E-state index in [-0.39, 0.29) is 11.6 Å². The first-order valence-electron chi connectivity index (χ1n) is 7.47. The molecule has 1 unspecified atom stereocenters. The highest BCUT2D eigenvalue weighted by Crippen LogP contribution is 2.15. The van der Waals surface area contributed by atoms with Gasteiger partial charge in [-0.25, -0.2) is 0 Å². The highest BCUT2D eigenvalue weighted by Gasteiger charge is 2.25. The number of nitrogen functional groups attached to an aromatic ring is 1. The highest BCUT2D eigenvalue weighted by molar-refractivity contribution is 6.00. The molecule has 2 heterocycles. The number of carbonyl (C=O) groups excluding carboxylic acids is 2. The molecule has 0 bridgehead atoms. The Morgan fingerprint density at radius 2 is 2.05 bits per heavy atom. The van der Waals surface area contributed by atoms with E-state index in [1.54, 1.807) is 11.8 Å². The molecule has 0 spiro atoms. The summed E-state index contributed by atoms with van der Waals surface area (Å²) >= 11 is 0. The van der Waals surface area contributed by atoms with Crippen molar-refractivity contribution in [1.29, 1.82) is 0 Å². The van der Waals surface area contributed by atoms with Crippen LogP contribution in [0.3, 0.4) is 0 Å². The lowest BCUT2D eigenvalue weighted by Crippen LogP contribution is -2.48. The van der Waals surface area contributed by atoms with Gasteiger partial charge in [0.25, 0.3) is 5.91 Å². The fourth-order valence-electron chi connectivity index (χ4n) is 2.54. The highest BCUT2D eigenvalue weighted by atomic mass is 16.2. The first-order chi connectivity index (χ1) is 10.0. The summed E-state index contributed by atoms with van der Waals surface area (Å²) in [4.78, 5) is 26.2. The van der Waals surface area contributed by atoms with Crippen LogP contribution < -0.4 is 11.1 Å². The molecule has 1 aliphatic heterocycles. The van der Waals surface area contributed by atoms with Crippen LogP contribution in [-0.2, 0) is 11.2 Å². The van der Waals surface area contributed by atoms with Crippen LogP contribution in [0.15, 0.2) is 0 Å². The van der Waals surface area contributed by atoms with Crippen LogP contribution in [0, 0.1) is 0 Å². The van der Waals surface area contributed by atoms with Crippen molar-refractivity contribution in [3.8, 4) is 0 Å². The fraction of sp³-hybridized carbons (Fsp3) is 0.643. The van der Waals surface area contributed by atoms with Gasteiger partial charge in [0.15, 0.2) is 5.69 Å². The van der Waals surface area contributed by atoms with E-state index in [4.69, 9.17) is 5.73 Å². The predicted molar refractivity (Wildman–Crippen MR) is 79.7 cm³/mol. The minimum absolute atomic E-state index is 0.0483. The number of aromatic nitrogens is 2. The Labute approximate surface area is 124 Å². The molecule has 0 aromatic carbocycles. The van der Waals surface area contributed by atoms with Crippen molar-refractivity contribution in [3.05, 3.63) is 11.4 Å². The first-order valence-corrected chi connectivity index (χ1v) is 7.47. The van der Waals surface area contributed by atoms with Crippen LogP contribution in [0.2, 0.25) is 0 Å². The molecular weight excluding hydrogens is 270 g/mol. The molecule has 2 amide bonds. The van der Waals surface area contributed by atoms with Gasteiger partial charge < -0.3 is 16.0 Å². The molecule has 1 atom stereocenters. The lowest BCUT2D eigenvalue weighted by atomic mass is 10.1. The maximum absolute atomic E-state index is 12.3. The van der Waals surface area contributed by atoms with Crippen LogP contribution in [0.25, 0.3) is 0 Å². The molecule has 2 rings (SSSR count). The summed E-state index contributed by atoms with van der Waals surface area (Å²) in [6.45, 7) is 5.15. The summed E-state index contributed by atoms with van der Waals surface area (Å²) in [5, 5.41) is 9.34. The van der Waals surface area contributed by atoms with Gasteiger partial charge in [-0.3, -0.25) is 14.7 Å². The molecule has 1 aromatic heterocycles. The smallest absolute Gasteiger partial charge is 0.274 e. The fourth-order valence-corrected chi connectivity index (χ4v) is 2.54. The maximum atomic E-state index is 12.3. The van der Waals surface area contributed by atoms with Crippen molar-refractivity contribution < 1.29 is 9.59 Å². The summed E-state index contributed by atoms with van der Waals surface area (Å²) in [7, 11) is 0. The van der Waals surface area contributed by atoms with Gasteiger partial charge in [0.1, 0.15) is 6.04 Å². The monoisotopic (exact) mass is 293 g/mol. The molecule has 116 valence electrons. The Morgan fingerprint density at radius 1 is 1.38 bits per heavy atom. The third kappa shape index (κ3) is 3.34. The molecule has 0 aliphatic carbocycles. The number of carbonyl (C=O) groups is 2. The molecule has 1 aromatic rings. The van der Waals surface area contributed by atoms with Gasteiger partial charge in [0.2, 0.25) is 5.91 Å². The van der Waals surface area contributed by atoms with Crippen molar-refractivity contribution in [2.45, 2.75) is 45.6 Å². The van der Waals surface area contributed by atoms with E-state index in [2.05, 4.69) is 15.5 Å². The predicted octanol–water partition coefficient (Wildman–Crippen LogP) is 0.685. The topological polar surface area (TPSA) is 104 Å². The summed E-state index contributed by atoms with van der Waals surface area (Å²) < 4.78 is 0. The van der Waals surface area contributed by atoms with Crippen LogP contribution in [0.1, 0.15) is 49.3 Å². The second-order valence-corrected chi connectivity index (χ2v) is 5.40. The van der Waals surface area contributed by atoms with E-state index in [1.165, 1.54) is 0 Å². The van der Waals surface area contributed by atoms with E-state index in [0.29, 0.717) is 12.1 Å². The van der Waals surface area contributed by atoms with Gasteiger partial charge in [0, 0.05) is 13.1 Å². The number of rotatable bonds is 4. The van der Waals surface area contributed by atoms with E-state index >= 15 is 0 Å². The summed E-state index contributed by atoms with van der Waals surface area (Å²) in [5.74, 6) is -0.464. The minimum atomic E-state index is -0.572. The standard InChI is InChI=1S/C14H23N5O2/c1-3-10-11(15)12(18-17-10)13(20)16-9(2)14(21)19-7-5-4-6-8-19/h9H,3-8,15H2,1-2H3,(H,16,20)(H,17,18). The van der Waals surface area contributed by atoms with Crippen LogP contribution in [-0.4, -0.2) is 46.0 Å². The number of aryl methyl sites for hydroxylation is 1. The lowest BCUT2D eigenvalue weighted by molar-refractivity contribution is -0.133. The van der Waals surface area contributed by atoms with Crippen LogP contribution >= 0.6 is 0 Å². The normalized spacial score (nSPS) is 16.6. The number of likely N-dealkylation sites (tertiary alicyclic amines) is 1. The van der Waals surface area contributed by atoms with E-state index in [0.717, 1.165) is 38.0 Å². The Morgan fingerprint density at radius 3 is 2.62 bits per heavy atom. The van der Waals surface area contributed by atoms with Gasteiger partial charge in [-0.15, -0.1) is 0 Å². The molecule has 1 fully saturated rings. The molecular formula is C14H23N5O2. The van der Waals surface area contributed by atoms with Gasteiger partial charge >= 0.3 is 0 Å². The lowest BCUT2D eigenvalue weighted by Gasteiger charge is -2.29. The number of aromatic amines is 1. The number of piperidine rings is 1. The third-order valence-electron chi connectivity index (χ3n) is 3.84. The molecule has 0 radical (unpaired) electrons. The maximum Gasteiger partial charge on any atom is 0.274 e. The van der Waals surface area contributed by atoms with E-state index in [9.17, 15) is 9.59 Å². The van der Waals surface area contributed by atoms with Gasteiger partial charge in [0.05, 0.1) is 11.4 Å². The molecule has 1 saturated heterocycles. The molecule has 7 nitrogen and oxygen atoms in total. The number of amides is 2. The van der Waals surface area contributed by atoms with Gasteiger partial charge in [-0.1, -0.05) is 6.92 Å². The van der Waals surface area contributed by atoms with Crippen molar-refractivity contribution in [2.24, 2.45) is 0 Å². The van der Waals surface area contributed by atoms with Crippen molar-refractivity contribution in [1.82, 2.24) is 20.4 Å². The largest absolute Gasteiger partial charge is 0.395 e. The second-order valence-electron chi connectivity index (χ2n) is 5.40. The zero-order valence-corrected chi connectivity index (χ0v) is 12.6. The summed E-state index contributed by atoms with van der Waals surface area (Å²) in [5.41, 5.74) is 7.10. The zero-order chi connectivity index (χ0) is 15.4. The van der Waals surface area contributed by atoms with Gasteiger partial charge in [-0.05, 0) is 32.6 Å². The van der Waals surface area contributed by atoms with Crippen molar-refractivity contribution >= 4 is 17.5 Å². The molecule has 0 saturated carbocycles. The Kier molecular flexibility index (Phi) is 4.82.